The zero-order valence-corrected chi connectivity index (χ0v) is 12.9. The van der Waals surface area contributed by atoms with E-state index in [1.165, 1.54) is 29.6 Å². The second kappa shape index (κ2) is 7.01. The molecule has 0 radical (unpaired) electrons. The van der Waals surface area contributed by atoms with Crippen LogP contribution in [0.3, 0.4) is 0 Å². The molecule has 114 valence electrons. The Morgan fingerprint density at radius 2 is 1.90 bits per heavy atom. The van der Waals surface area contributed by atoms with Crippen LogP contribution in [0.5, 0.6) is 0 Å². The lowest BCUT2D eigenvalue weighted by Gasteiger charge is -2.31. The molecule has 7 heteroatoms. The van der Waals surface area contributed by atoms with Crippen molar-refractivity contribution in [2.75, 3.05) is 24.4 Å². The lowest BCUT2D eigenvalue weighted by Crippen LogP contribution is -2.46. The molecule has 0 amide bonds. The van der Waals surface area contributed by atoms with Crippen LogP contribution in [-0.2, 0) is 10.2 Å². The van der Waals surface area contributed by atoms with Crippen LogP contribution in [0, 0.1) is 5.82 Å². The second-order valence-electron chi connectivity index (χ2n) is 4.78. The van der Waals surface area contributed by atoms with Gasteiger partial charge in [0, 0.05) is 19.6 Å². The van der Waals surface area contributed by atoms with Crippen LogP contribution in [0.2, 0.25) is 0 Å². The van der Waals surface area contributed by atoms with Gasteiger partial charge in [0.05, 0.1) is 5.69 Å². The van der Waals surface area contributed by atoms with Crippen LogP contribution in [0.4, 0.5) is 10.1 Å². The molecule has 1 aromatic rings. The first kappa shape index (κ1) is 16.9. The highest BCUT2D eigenvalue weighted by atomic mass is 32.2. The summed E-state index contributed by atoms with van der Waals surface area (Å²) < 4.78 is 41.4. The van der Waals surface area contributed by atoms with Gasteiger partial charge in [-0.15, -0.1) is 0 Å². The molecule has 0 saturated carbocycles. The number of para-hydroxylation sites is 1. The van der Waals surface area contributed by atoms with Crippen molar-refractivity contribution >= 4 is 15.9 Å². The van der Waals surface area contributed by atoms with Crippen LogP contribution in [0.15, 0.2) is 24.3 Å². The molecule has 1 aromatic carbocycles. The Hall–Kier alpha value is -1.18. The molecule has 1 rings (SSSR count). The SMILES string of the molecule is CC(C)N(C)S(=O)(=O)N(CCCN)c1ccccc1F. The average molecular weight is 303 g/mol. The Morgan fingerprint density at radius 1 is 1.30 bits per heavy atom. The highest BCUT2D eigenvalue weighted by molar-refractivity contribution is 7.90. The first-order valence-electron chi connectivity index (χ1n) is 6.52. The lowest BCUT2D eigenvalue weighted by molar-refractivity contribution is 0.407. The number of hydrogen-bond acceptors (Lipinski definition) is 3. The molecule has 0 aliphatic carbocycles. The van der Waals surface area contributed by atoms with Crippen molar-refractivity contribution in [3.05, 3.63) is 30.1 Å². The maximum atomic E-state index is 13.9. The second-order valence-corrected chi connectivity index (χ2v) is 6.70. The zero-order valence-electron chi connectivity index (χ0n) is 12.1. The molecule has 0 aliphatic heterocycles. The Labute approximate surface area is 120 Å². The number of rotatable bonds is 7. The highest BCUT2D eigenvalue weighted by Crippen LogP contribution is 2.24. The largest absolute Gasteiger partial charge is 0.330 e. The third kappa shape index (κ3) is 3.68. The van der Waals surface area contributed by atoms with Crippen molar-refractivity contribution in [3.63, 3.8) is 0 Å². The summed E-state index contributed by atoms with van der Waals surface area (Å²) in [4.78, 5) is 0. The third-order valence-electron chi connectivity index (χ3n) is 3.06. The van der Waals surface area contributed by atoms with E-state index in [1.54, 1.807) is 19.9 Å². The van der Waals surface area contributed by atoms with Gasteiger partial charge in [-0.2, -0.15) is 12.7 Å². The van der Waals surface area contributed by atoms with Crippen LogP contribution in [0.25, 0.3) is 0 Å². The van der Waals surface area contributed by atoms with Gasteiger partial charge < -0.3 is 5.73 Å². The molecule has 0 aliphatic rings. The minimum Gasteiger partial charge on any atom is -0.330 e. The maximum Gasteiger partial charge on any atom is 0.304 e. The summed E-state index contributed by atoms with van der Waals surface area (Å²) in [5.74, 6) is -0.565. The average Bonchev–Trinajstić information content (AvgIpc) is 2.39. The van der Waals surface area contributed by atoms with Gasteiger partial charge in [0.2, 0.25) is 0 Å². The molecule has 20 heavy (non-hydrogen) atoms. The normalized spacial score (nSPS) is 12.2. The molecule has 0 atom stereocenters. The summed E-state index contributed by atoms with van der Waals surface area (Å²) in [7, 11) is -2.29. The minimum atomic E-state index is -3.78. The molecule has 0 unspecified atom stereocenters. The number of anilines is 1. The predicted molar refractivity (Wildman–Crippen MR) is 79.2 cm³/mol. The monoisotopic (exact) mass is 303 g/mol. The van der Waals surface area contributed by atoms with E-state index in [0.29, 0.717) is 13.0 Å². The lowest BCUT2D eigenvalue weighted by atomic mass is 10.3. The molecule has 0 aromatic heterocycles. The molecule has 0 spiro atoms. The van der Waals surface area contributed by atoms with Gasteiger partial charge in [0.15, 0.2) is 0 Å². The Morgan fingerprint density at radius 3 is 2.40 bits per heavy atom. The van der Waals surface area contributed by atoms with Gasteiger partial charge in [-0.05, 0) is 38.9 Å². The fourth-order valence-electron chi connectivity index (χ4n) is 1.67. The molecule has 5 nitrogen and oxygen atoms in total. The van der Waals surface area contributed by atoms with Gasteiger partial charge in [0.1, 0.15) is 5.82 Å². The van der Waals surface area contributed by atoms with Crippen molar-refractivity contribution in [2.24, 2.45) is 5.73 Å². The van der Waals surface area contributed by atoms with Crippen molar-refractivity contribution in [1.82, 2.24) is 4.31 Å². The maximum absolute atomic E-state index is 13.9. The van der Waals surface area contributed by atoms with Gasteiger partial charge in [-0.25, -0.2) is 4.39 Å². The Kier molecular flexibility index (Phi) is 5.91. The highest BCUT2D eigenvalue weighted by Gasteiger charge is 2.30. The van der Waals surface area contributed by atoms with E-state index >= 15 is 0 Å². The molecular weight excluding hydrogens is 281 g/mol. The summed E-state index contributed by atoms with van der Waals surface area (Å²) in [5.41, 5.74) is 5.49. The molecule has 0 bridgehead atoms. The van der Waals surface area contributed by atoms with Gasteiger partial charge >= 0.3 is 10.2 Å². The minimum absolute atomic E-state index is 0.0495. The van der Waals surface area contributed by atoms with E-state index in [-0.39, 0.29) is 18.3 Å². The third-order valence-corrected chi connectivity index (χ3v) is 5.14. The fourth-order valence-corrected chi connectivity index (χ4v) is 3.27. The quantitative estimate of drug-likeness (QED) is 0.831. The fraction of sp³-hybridized carbons (Fsp3) is 0.538. The van der Waals surface area contributed by atoms with Crippen LogP contribution in [0.1, 0.15) is 20.3 Å². The van der Waals surface area contributed by atoms with Gasteiger partial charge in [0.25, 0.3) is 0 Å². The number of nitrogens with two attached hydrogens (primary N) is 1. The van der Waals surface area contributed by atoms with Crippen molar-refractivity contribution in [1.29, 1.82) is 0 Å². The first-order valence-corrected chi connectivity index (χ1v) is 7.92. The smallest absolute Gasteiger partial charge is 0.304 e. The Bertz CT molecular complexity index is 534. The molecule has 0 saturated heterocycles. The summed E-state index contributed by atoms with van der Waals surface area (Å²) in [6, 6.07) is 5.62. The summed E-state index contributed by atoms with van der Waals surface area (Å²) in [6.45, 7) is 4.02. The number of hydrogen-bond donors (Lipinski definition) is 1. The van der Waals surface area contributed by atoms with Crippen molar-refractivity contribution in [2.45, 2.75) is 26.3 Å². The number of benzene rings is 1. The van der Waals surface area contributed by atoms with E-state index in [0.717, 1.165) is 4.31 Å². The van der Waals surface area contributed by atoms with E-state index in [2.05, 4.69) is 0 Å². The number of nitrogens with zero attached hydrogens (tertiary/aromatic N) is 2. The summed E-state index contributed by atoms with van der Waals surface area (Å²) in [5, 5.41) is 0. The van der Waals surface area contributed by atoms with E-state index in [1.807, 2.05) is 0 Å². The van der Waals surface area contributed by atoms with E-state index < -0.39 is 16.0 Å². The first-order chi connectivity index (χ1) is 9.32. The van der Waals surface area contributed by atoms with Crippen molar-refractivity contribution in [3.8, 4) is 0 Å². The molecule has 2 N–H and O–H groups in total. The van der Waals surface area contributed by atoms with Gasteiger partial charge in [-0.1, -0.05) is 12.1 Å². The predicted octanol–water partition coefficient (Wildman–Crippen LogP) is 1.57. The standard InChI is InChI=1S/C13H22FN3O2S/c1-11(2)16(3)20(18,19)17(10-6-9-15)13-8-5-4-7-12(13)14/h4-5,7-8,11H,6,9-10,15H2,1-3H3. The van der Waals surface area contributed by atoms with Crippen LogP contribution < -0.4 is 10.0 Å². The van der Waals surface area contributed by atoms with Crippen LogP contribution in [-0.4, -0.2) is 38.9 Å². The van der Waals surface area contributed by atoms with E-state index in [4.69, 9.17) is 5.73 Å². The Balaban J connectivity index is 3.23. The number of halogens is 1. The zero-order chi connectivity index (χ0) is 15.3. The van der Waals surface area contributed by atoms with E-state index in [9.17, 15) is 12.8 Å². The summed E-state index contributed by atoms with van der Waals surface area (Å²) >= 11 is 0. The molecular formula is C13H22FN3O2S. The molecule has 0 heterocycles. The summed E-state index contributed by atoms with van der Waals surface area (Å²) in [6.07, 6.45) is 0.458. The van der Waals surface area contributed by atoms with Crippen LogP contribution >= 0.6 is 0 Å². The van der Waals surface area contributed by atoms with Crippen molar-refractivity contribution < 1.29 is 12.8 Å². The topological polar surface area (TPSA) is 66.6 Å². The van der Waals surface area contributed by atoms with Gasteiger partial charge in [-0.3, -0.25) is 4.31 Å². The molecule has 0 fully saturated rings.